The topological polar surface area (TPSA) is 35.2 Å². The lowest BCUT2D eigenvalue weighted by Crippen LogP contribution is -2.23. The van der Waals surface area contributed by atoms with Gasteiger partial charge in [0.1, 0.15) is 11.6 Å². The van der Waals surface area contributed by atoms with Crippen LogP contribution < -0.4 is 10.5 Å². The third-order valence-electron chi connectivity index (χ3n) is 3.97. The van der Waals surface area contributed by atoms with E-state index in [4.69, 9.17) is 10.5 Å². The molecule has 0 aromatic heterocycles. The van der Waals surface area contributed by atoms with E-state index in [-0.39, 0.29) is 11.4 Å². The van der Waals surface area contributed by atoms with Crippen molar-refractivity contribution in [2.24, 2.45) is 11.7 Å². The van der Waals surface area contributed by atoms with E-state index in [9.17, 15) is 4.39 Å². The smallest absolute Gasteiger partial charge is 0.124 e. The third-order valence-corrected chi connectivity index (χ3v) is 3.97. The van der Waals surface area contributed by atoms with Crippen molar-refractivity contribution in [1.29, 1.82) is 0 Å². The highest BCUT2D eigenvalue weighted by Crippen LogP contribution is 2.46. The lowest BCUT2D eigenvalue weighted by atomic mass is 9.86. The Kier molecular flexibility index (Phi) is 2.58. The number of ether oxygens (including phenoxy) is 1. The minimum atomic E-state index is -0.336. The molecule has 2 saturated carbocycles. The molecular formula is C14H18FNO. The fourth-order valence-electron chi connectivity index (χ4n) is 2.29. The zero-order chi connectivity index (χ0) is 11.9. The highest BCUT2D eigenvalue weighted by molar-refractivity contribution is 5.42. The van der Waals surface area contributed by atoms with E-state index in [2.05, 4.69) is 0 Å². The van der Waals surface area contributed by atoms with E-state index in [1.165, 1.54) is 31.4 Å². The average Bonchev–Trinajstić information content (AvgIpc) is 2.97. The van der Waals surface area contributed by atoms with Crippen molar-refractivity contribution in [2.75, 3.05) is 6.61 Å². The summed E-state index contributed by atoms with van der Waals surface area (Å²) in [5.41, 5.74) is 6.65. The molecule has 2 aliphatic carbocycles. The van der Waals surface area contributed by atoms with Crippen LogP contribution in [-0.4, -0.2) is 6.61 Å². The Morgan fingerprint density at radius 1 is 1.35 bits per heavy atom. The first-order valence-corrected chi connectivity index (χ1v) is 6.39. The molecule has 2 fully saturated rings. The summed E-state index contributed by atoms with van der Waals surface area (Å²) in [5.74, 6) is 1.23. The molecule has 92 valence electrons. The van der Waals surface area contributed by atoms with Gasteiger partial charge in [-0.1, -0.05) is 6.42 Å². The molecule has 3 rings (SSSR count). The summed E-state index contributed by atoms with van der Waals surface area (Å²) in [6.07, 6.45) is 5.67. The zero-order valence-electron chi connectivity index (χ0n) is 9.92. The van der Waals surface area contributed by atoms with E-state index < -0.39 is 0 Å². The predicted molar refractivity (Wildman–Crippen MR) is 64.3 cm³/mol. The Bertz CT molecular complexity index is 424. The van der Waals surface area contributed by atoms with Crippen LogP contribution in [0.15, 0.2) is 18.2 Å². The molecule has 2 N–H and O–H groups in total. The molecule has 0 amide bonds. The average molecular weight is 235 g/mol. The number of hydrogen-bond acceptors (Lipinski definition) is 2. The van der Waals surface area contributed by atoms with Gasteiger partial charge in [-0.05, 0) is 49.8 Å². The van der Waals surface area contributed by atoms with Crippen LogP contribution in [0.2, 0.25) is 0 Å². The van der Waals surface area contributed by atoms with Gasteiger partial charge in [-0.3, -0.25) is 0 Å². The third kappa shape index (κ3) is 2.16. The maximum absolute atomic E-state index is 13.3. The summed E-state index contributed by atoms with van der Waals surface area (Å²) in [5, 5.41) is 0. The van der Waals surface area contributed by atoms with Crippen molar-refractivity contribution < 1.29 is 9.13 Å². The van der Waals surface area contributed by atoms with E-state index in [0.717, 1.165) is 30.8 Å². The maximum atomic E-state index is 13.3. The first kappa shape index (κ1) is 11.0. The van der Waals surface area contributed by atoms with Gasteiger partial charge in [-0.15, -0.1) is 0 Å². The molecule has 2 aliphatic rings. The second kappa shape index (κ2) is 3.98. The van der Waals surface area contributed by atoms with Gasteiger partial charge in [0.2, 0.25) is 0 Å². The molecule has 0 spiro atoms. The molecule has 0 radical (unpaired) electrons. The Labute approximate surface area is 101 Å². The molecule has 0 saturated heterocycles. The van der Waals surface area contributed by atoms with Crippen LogP contribution in [0.3, 0.4) is 0 Å². The standard InChI is InChI=1S/C14H18FNO/c15-11-4-5-13(17-9-10-2-1-3-10)12(8-11)14(16)6-7-14/h4-5,8,10H,1-3,6-7,9,16H2. The number of halogens is 1. The first-order valence-electron chi connectivity index (χ1n) is 6.39. The van der Waals surface area contributed by atoms with Gasteiger partial charge in [0.05, 0.1) is 6.61 Å². The van der Waals surface area contributed by atoms with Crippen molar-refractivity contribution in [3.05, 3.63) is 29.6 Å². The largest absolute Gasteiger partial charge is 0.493 e. The fourth-order valence-corrected chi connectivity index (χ4v) is 2.29. The summed E-state index contributed by atoms with van der Waals surface area (Å²) in [4.78, 5) is 0. The molecule has 1 aromatic rings. The summed E-state index contributed by atoms with van der Waals surface area (Å²) in [6.45, 7) is 0.745. The quantitative estimate of drug-likeness (QED) is 0.870. The Morgan fingerprint density at radius 3 is 2.71 bits per heavy atom. The minimum Gasteiger partial charge on any atom is -0.493 e. The minimum absolute atomic E-state index is 0.229. The van der Waals surface area contributed by atoms with Crippen LogP contribution in [0.4, 0.5) is 4.39 Å². The van der Waals surface area contributed by atoms with Crippen LogP contribution >= 0.6 is 0 Å². The number of benzene rings is 1. The molecule has 1 aromatic carbocycles. The molecule has 2 nitrogen and oxygen atoms in total. The zero-order valence-corrected chi connectivity index (χ0v) is 9.92. The van der Waals surface area contributed by atoms with Gasteiger partial charge in [-0.2, -0.15) is 0 Å². The van der Waals surface area contributed by atoms with E-state index in [1.807, 2.05) is 0 Å². The Morgan fingerprint density at radius 2 is 2.12 bits per heavy atom. The van der Waals surface area contributed by atoms with E-state index >= 15 is 0 Å². The van der Waals surface area contributed by atoms with E-state index in [1.54, 1.807) is 6.07 Å². The SMILES string of the molecule is NC1(c2cc(F)ccc2OCC2CCC2)CC1. The van der Waals surface area contributed by atoms with Crippen molar-refractivity contribution in [2.45, 2.75) is 37.6 Å². The molecule has 0 unspecified atom stereocenters. The summed E-state index contributed by atoms with van der Waals surface area (Å²) >= 11 is 0. The van der Waals surface area contributed by atoms with Crippen molar-refractivity contribution in [3.8, 4) is 5.75 Å². The first-order chi connectivity index (χ1) is 8.17. The monoisotopic (exact) mass is 235 g/mol. The number of nitrogens with two attached hydrogens (primary N) is 1. The second-order valence-electron chi connectivity index (χ2n) is 5.40. The summed E-state index contributed by atoms with van der Waals surface area (Å²) < 4.78 is 19.1. The lowest BCUT2D eigenvalue weighted by molar-refractivity contribution is 0.178. The molecule has 0 bridgehead atoms. The van der Waals surface area contributed by atoms with Gasteiger partial charge in [0.25, 0.3) is 0 Å². The van der Waals surface area contributed by atoms with Crippen LogP contribution in [-0.2, 0) is 5.54 Å². The highest BCUT2D eigenvalue weighted by Gasteiger charge is 2.42. The molecule has 3 heteroatoms. The van der Waals surface area contributed by atoms with Crippen LogP contribution in [0, 0.1) is 11.7 Å². The van der Waals surface area contributed by atoms with Gasteiger partial charge in [0, 0.05) is 11.1 Å². The molecule has 0 aliphatic heterocycles. The number of rotatable bonds is 4. The predicted octanol–water partition coefficient (Wildman–Crippen LogP) is 2.95. The molecule has 0 heterocycles. The van der Waals surface area contributed by atoms with Gasteiger partial charge in [-0.25, -0.2) is 4.39 Å². The molecule has 0 atom stereocenters. The second-order valence-corrected chi connectivity index (χ2v) is 5.40. The Hall–Kier alpha value is -1.09. The summed E-state index contributed by atoms with van der Waals surface area (Å²) in [6, 6.07) is 4.70. The van der Waals surface area contributed by atoms with Gasteiger partial charge < -0.3 is 10.5 Å². The van der Waals surface area contributed by atoms with Crippen LogP contribution in [0.25, 0.3) is 0 Å². The van der Waals surface area contributed by atoms with E-state index in [0.29, 0.717) is 5.92 Å². The van der Waals surface area contributed by atoms with Crippen LogP contribution in [0.5, 0.6) is 5.75 Å². The highest BCUT2D eigenvalue weighted by atomic mass is 19.1. The molecule has 17 heavy (non-hydrogen) atoms. The van der Waals surface area contributed by atoms with Gasteiger partial charge >= 0.3 is 0 Å². The fraction of sp³-hybridized carbons (Fsp3) is 0.571. The molecular weight excluding hydrogens is 217 g/mol. The summed E-state index contributed by atoms with van der Waals surface area (Å²) in [7, 11) is 0. The number of hydrogen-bond donors (Lipinski definition) is 1. The lowest BCUT2D eigenvalue weighted by Gasteiger charge is -2.26. The van der Waals surface area contributed by atoms with Crippen molar-refractivity contribution in [1.82, 2.24) is 0 Å². The van der Waals surface area contributed by atoms with Crippen molar-refractivity contribution in [3.63, 3.8) is 0 Å². The maximum Gasteiger partial charge on any atom is 0.124 e. The van der Waals surface area contributed by atoms with Gasteiger partial charge in [0.15, 0.2) is 0 Å². The normalized spacial score (nSPS) is 22.0. The van der Waals surface area contributed by atoms with Crippen molar-refractivity contribution >= 4 is 0 Å². The van der Waals surface area contributed by atoms with Crippen LogP contribution in [0.1, 0.15) is 37.7 Å². The Balaban J connectivity index is 1.77.